The molecule has 4 heteroatoms. The molecule has 0 bridgehead atoms. The van der Waals surface area contributed by atoms with Gasteiger partial charge in [0.25, 0.3) is 0 Å². The average molecular weight is 288 g/mol. The monoisotopic (exact) mass is 288 g/mol. The largest absolute Gasteiger partial charge is 0.383 e. The lowest BCUT2D eigenvalue weighted by Gasteiger charge is -2.12. The number of benzene rings is 1. The fourth-order valence-electron chi connectivity index (χ4n) is 2.62. The quantitative estimate of drug-likeness (QED) is 0.784. The molecule has 4 nitrogen and oxygen atoms in total. The van der Waals surface area contributed by atoms with Gasteiger partial charge < -0.3 is 10.3 Å². The number of nitriles is 1. The molecular formula is C18H16N4. The van der Waals surface area contributed by atoms with Crippen LogP contribution >= 0.6 is 0 Å². The number of aromatic nitrogens is 2. The Hall–Kier alpha value is -3.06. The van der Waals surface area contributed by atoms with E-state index in [0.29, 0.717) is 5.56 Å². The predicted octanol–water partition coefficient (Wildman–Crippen LogP) is 3.52. The first-order valence-electron chi connectivity index (χ1n) is 7.00. The summed E-state index contributed by atoms with van der Waals surface area (Å²) in [6, 6.07) is 16.0. The zero-order valence-corrected chi connectivity index (χ0v) is 12.5. The highest BCUT2D eigenvalue weighted by molar-refractivity contribution is 5.79. The van der Waals surface area contributed by atoms with Gasteiger partial charge in [-0.25, -0.2) is 4.98 Å². The summed E-state index contributed by atoms with van der Waals surface area (Å²) >= 11 is 0. The molecule has 0 fully saturated rings. The van der Waals surface area contributed by atoms with Gasteiger partial charge in [-0.05, 0) is 30.7 Å². The summed E-state index contributed by atoms with van der Waals surface area (Å²) in [6.45, 7) is 2.04. The van der Waals surface area contributed by atoms with Crippen LogP contribution in [0, 0.1) is 18.3 Å². The minimum atomic E-state index is 0.263. The molecule has 2 heterocycles. The maximum Gasteiger partial charge on any atom is 0.142 e. The van der Waals surface area contributed by atoms with Gasteiger partial charge >= 0.3 is 0 Å². The van der Waals surface area contributed by atoms with Crippen LogP contribution in [0.4, 0.5) is 5.82 Å². The van der Waals surface area contributed by atoms with Crippen LogP contribution in [0.3, 0.4) is 0 Å². The lowest BCUT2D eigenvalue weighted by Crippen LogP contribution is -2.02. The maximum atomic E-state index is 9.43. The predicted molar refractivity (Wildman–Crippen MR) is 87.9 cm³/mol. The van der Waals surface area contributed by atoms with E-state index < -0.39 is 0 Å². The minimum Gasteiger partial charge on any atom is -0.383 e. The molecule has 22 heavy (non-hydrogen) atoms. The van der Waals surface area contributed by atoms with Gasteiger partial charge in [0.2, 0.25) is 0 Å². The molecule has 0 saturated carbocycles. The van der Waals surface area contributed by atoms with Gasteiger partial charge in [-0.1, -0.05) is 24.3 Å². The third-order valence-electron chi connectivity index (χ3n) is 3.80. The number of pyridine rings is 1. The highest BCUT2D eigenvalue weighted by Gasteiger charge is 2.15. The number of nitrogens with zero attached hydrogens (tertiary/aromatic N) is 3. The number of hydrogen-bond acceptors (Lipinski definition) is 3. The zero-order valence-electron chi connectivity index (χ0n) is 12.5. The first kappa shape index (κ1) is 13.9. The van der Waals surface area contributed by atoms with Crippen molar-refractivity contribution in [2.24, 2.45) is 7.05 Å². The molecule has 3 rings (SSSR count). The molecule has 108 valence electrons. The first-order chi connectivity index (χ1) is 10.6. The molecule has 2 aromatic heterocycles. The van der Waals surface area contributed by atoms with Crippen LogP contribution in [0.2, 0.25) is 0 Å². The average Bonchev–Trinajstić information content (AvgIpc) is 2.93. The van der Waals surface area contributed by atoms with Crippen LogP contribution in [0.5, 0.6) is 0 Å². The molecule has 0 spiro atoms. The number of aryl methyl sites for hydroxylation is 2. The van der Waals surface area contributed by atoms with E-state index in [9.17, 15) is 5.26 Å². The molecule has 0 aliphatic carbocycles. The number of rotatable bonds is 2. The summed E-state index contributed by atoms with van der Waals surface area (Å²) in [5.41, 5.74) is 11.1. The molecule has 1 aromatic carbocycles. The Balaban J connectivity index is 2.29. The molecule has 0 atom stereocenters. The fraction of sp³-hybridized carbons (Fsp3) is 0.111. The first-order valence-corrected chi connectivity index (χ1v) is 7.00. The second-order valence-corrected chi connectivity index (χ2v) is 5.25. The van der Waals surface area contributed by atoms with E-state index in [1.54, 1.807) is 0 Å². The molecule has 2 N–H and O–H groups in total. The highest BCUT2D eigenvalue weighted by Crippen LogP contribution is 2.32. The normalized spacial score (nSPS) is 10.4. The molecule has 0 aliphatic heterocycles. The maximum absolute atomic E-state index is 9.43. The Bertz CT molecular complexity index is 884. The van der Waals surface area contributed by atoms with E-state index in [1.165, 1.54) is 0 Å². The Labute approximate surface area is 129 Å². The molecule has 0 radical (unpaired) electrons. The van der Waals surface area contributed by atoms with Crippen LogP contribution in [-0.4, -0.2) is 9.55 Å². The number of nitrogen functional groups attached to an aromatic ring is 1. The molecular weight excluding hydrogens is 272 g/mol. The lowest BCUT2D eigenvalue weighted by molar-refractivity contribution is 0.936. The van der Waals surface area contributed by atoms with Crippen molar-refractivity contribution >= 4 is 5.82 Å². The lowest BCUT2D eigenvalue weighted by atomic mass is 10.00. The van der Waals surface area contributed by atoms with Crippen molar-refractivity contribution in [3.63, 3.8) is 0 Å². The van der Waals surface area contributed by atoms with Crippen molar-refractivity contribution < 1.29 is 0 Å². The van der Waals surface area contributed by atoms with Gasteiger partial charge in [0.15, 0.2) is 0 Å². The van der Waals surface area contributed by atoms with Gasteiger partial charge in [-0.3, -0.25) is 0 Å². The van der Waals surface area contributed by atoms with Crippen molar-refractivity contribution in [3.05, 3.63) is 59.8 Å². The van der Waals surface area contributed by atoms with Gasteiger partial charge in [-0.2, -0.15) is 5.26 Å². The Morgan fingerprint density at radius 2 is 1.91 bits per heavy atom. The van der Waals surface area contributed by atoms with Crippen molar-refractivity contribution in [1.29, 1.82) is 5.26 Å². The summed E-state index contributed by atoms with van der Waals surface area (Å²) in [7, 11) is 1.94. The van der Waals surface area contributed by atoms with Gasteiger partial charge in [-0.15, -0.1) is 0 Å². The van der Waals surface area contributed by atoms with Crippen LogP contribution in [0.15, 0.2) is 48.7 Å². The zero-order chi connectivity index (χ0) is 15.7. The minimum absolute atomic E-state index is 0.263. The summed E-state index contributed by atoms with van der Waals surface area (Å²) < 4.78 is 1.97. The van der Waals surface area contributed by atoms with E-state index >= 15 is 0 Å². The van der Waals surface area contributed by atoms with Crippen molar-refractivity contribution in [1.82, 2.24) is 9.55 Å². The fourth-order valence-corrected chi connectivity index (χ4v) is 2.62. The van der Waals surface area contributed by atoms with Gasteiger partial charge in [0.1, 0.15) is 17.5 Å². The molecule has 0 amide bonds. The smallest absolute Gasteiger partial charge is 0.142 e. The summed E-state index contributed by atoms with van der Waals surface area (Å²) in [5, 5.41) is 9.43. The highest BCUT2D eigenvalue weighted by atomic mass is 14.9. The van der Waals surface area contributed by atoms with Crippen molar-refractivity contribution in [2.45, 2.75) is 6.92 Å². The van der Waals surface area contributed by atoms with Crippen molar-refractivity contribution in [3.8, 4) is 28.6 Å². The van der Waals surface area contributed by atoms with Crippen LogP contribution in [0.1, 0.15) is 11.1 Å². The van der Waals surface area contributed by atoms with E-state index in [4.69, 9.17) is 5.73 Å². The van der Waals surface area contributed by atoms with Crippen LogP contribution < -0.4 is 5.73 Å². The van der Waals surface area contributed by atoms with E-state index in [0.717, 1.165) is 28.1 Å². The standard InChI is InChI=1S/C18H16N4/c1-12-6-3-4-7-13(12)16-10-14(15(11-19)18(20)21-16)17-8-5-9-22(17)2/h3-10H,1-2H3,(H2,20,21). The van der Waals surface area contributed by atoms with Crippen LogP contribution in [0.25, 0.3) is 22.5 Å². The number of anilines is 1. The Morgan fingerprint density at radius 1 is 1.14 bits per heavy atom. The van der Waals surface area contributed by atoms with Crippen molar-refractivity contribution in [2.75, 3.05) is 5.73 Å². The number of nitrogens with two attached hydrogens (primary N) is 1. The molecule has 0 unspecified atom stereocenters. The summed E-state index contributed by atoms with van der Waals surface area (Å²) in [5.74, 6) is 0.263. The number of hydrogen-bond donors (Lipinski definition) is 1. The summed E-state index contributed by atoms with van der Waals surface area (Å²) in [4.78, 5) is 4.42. The van der Waals surface area contributed by atoms with E-state index in [1.807, 2.05) is 67.2 Å². The second kappa shape index (κ2) is 5.38. The Kier molecular flexibility index (Phi) is 3.40. The van der Waals surface area contributed by atoms with Gasteiger partial charge in [0.05, 0.1) is 5.69 Å². The third kappa shape index (κ3) is 2.23. The van der Waals surface area contributed by atoms with E-state index in [-0.39, 0.29) is 5.82 Å². The molecule has 0 aliphatic rings. The topological polar surface area (TPSA) is 67.6 Å². The summed E-state index contributed by atoms with van der Waals surface area (Å²) in [6.07, 6.45) is 1.94. The van der Waals surface area contributed by atoms with E-state index in [2.05, 4.69) is 11.1 Å². The molecule has 0 saturated heterocycles. The Morgan fingerprint density at radius 3 is 2.55 bits per heavy atom. The SMILES string of the molecule is Cc1ccccc1-c1cc(-c2cccn2C)c(C#N)c(N)n1. The second-order valence-electron chi connectivity index (χ2n) is 5.25. The molecule has 3 aromatic rings. The van der Waals surface area contributed by atoms with Crippen LogP contribution in [-0.2, 0) is 7.05 Å². The third-order valence-corrected chi connectivity index (χ3v) is 3.80. The van der Waals surface area contributed by atoms with Gasteiger partial charge in [0, 0.05) is 30.1 Å².